The average molecular weight is 366 g/mol. The Morgan fingerprint density at radius 1 is 1.15 bits per heavy atom. The van der Waals surface area contributed by atoms with Gasteiger partial charge in [-0.1, -0.05) is 12.1 Å². The predicted octanol–water partition coefficient (Wildman–Crippen LogP) is 4.37. The lowest BCUT2D eigenvalue weighted by molar-refractivity contribution is -0.137. The Kier molecular flexibility index (Phi) is 5.66. The molecule has 2 aromatic heterocycles. The van der Waals surface area contributed by atoms with Gasteiger partial charge in [-0.15, -0.1) is 11.3 Å². The molecule has 1 amide bonds. The molecule has 1 aromatic carbocycles. The lowest BCUT2D eigenvalue weighted by Crippen LogP contribution is -2.12. The molecule has 0 radical (unpaired) electrons. The van der Waals surface area contributed by atoms with Crippen LogP contribution in [-0.4, -0.2) is 23.1 Å². The van der Waals surface area contributed by atoms with Crippen LogP contribution in [-0.2, 0) is 9.53 Å². The number of thiophene rings is 1. The van der Waals surface area contributed by atoms with Crippen LogP contribution < -0.4 is 5.32 Å². The molecule has 3 aromatic rings. The molecule has 3 rings (SSSR count). The first-order chi connectivity index (χ1) is 12.7. The number of anilines is 1. The number of benzene rings is 1. The molecule has 0 unspecified atom stereocenters. The lowest BCUT2D eigenvalue weighted by atomic mass is 10.2. The van der Waals surface area contributed by atoms with E-state index in [1.807, 2.05) is 52.7 Å². The van der Waals surface area contributed by atoms with Gasteiger partial charge in [-0.2, -0.15) is 0 Å². The van der Waals surface area contributed by atoms with Crippen molar-refractivity contribution in [3.05, 3.63) is 76.8 Å². The van der Waals surface area contributed by atoms with Crippen LogP contribution in [0.4, 0.5) is 5.69 Å². The Labute approximate surface area is 155 Å². The van der Waals surface area contributed by atoms with Crippen LogP contribution in [0.5, 0.6) is 0 Å². The Hall–Kier alpha value is -3.12. The van der Waals surface area contributed by atoms with Crippen molar-refractivity contribution >= 4 is 35.0 Å². The van der Waals surface area contributed by atoms with Gasteiger partial charge in [-0.25, -0.2) is 4.79 Å². The largest absolute Gasteiger partial charge is 0.463 e. The maximum absolute atomic E-state index is 12.6. The van der Waals surface area contributed by atoms with Gasteiger partial charge in [0.05, 0.1) is 12.3 Å². The SMILES string of the molecule is CCOC(=O)C=Cc1ccc(NC(=O)c2sccc2-n2cccc2)cc1. The van der Waals surface area contributed by atoms with Crippen LogP contribution >= 0.6 is 11.3 Å². The highest BCUT2D eigenvalue weighted by Crippen LogP contribution is 2.23. The van der Waals surface area contributed by atoms with E-state index in [-0.39, 0.29) is 11.9 Å². The fourth-order valence-corrected chi connectivity index (χ4v) is 3.18. The molecule has 5 nitrogen and oxygen atoms in total. The molecule has 6 heteroatoms. The van der Waals surface area contributed by atoms with Crippen LogP contribution in [0.15, 0.2) is 66.3 Å². The normalized spacial score (nSPS) is 10.8. The van der Waals surface area contributed by atoms with Crippen molar-refractivity contribution in [2.24, 2.45) is 0 Å². The van der Waals surface area contributed by atoms with Crippen molar-refractivity contribution in [3.8, 4) is 5.69 Å². The summed E-state index contributed by atoms with van der Waals surface area (Å²) in [6.07, 6.45) is 6.87. The fraction of sp³-hybridized carbons (Fsp3) is 0.100. The molecule has 0 spiro atoms. The minimum absolute atomic E-state index is 0.154. The van der Waals surface area contributed by atoms with Gasteiger partial charge in [-0.3, -0.25) is 4.79 Å². The van der Waals surface area contributed by atoms with E-state index in [0.29, 0.717) is 17.2 Å². The maximum Gasteiger partial charge on any atom is 0.330 e. The molecular weight excluding hydrogens is 348 g/mol. The van der Waals surface area contributed by atoms with E-state index < -0.39 is 0 Å². The highest BCUT2D eigenvalue weighted by Gasteiger charge is 2.14. The Morgan fingerprint density at radius 3 is 2.58 bits per heavy atom. The van der Waals surface area contributed by atoms with Gasteiger partial charge >= 0.3 is 5.97 Å². The Balaban J connectivity index is 1.67. The molecule has 1 N–H and O–H groups in total. The fourth-order valence-electron chi connectivity index (χ4n) is 2.39. The van der Waals surface area contributed by atoms with Gasteiger partial charge in [0, 0.05) is 24.2 Å². The summed E-state index contributed by atoms with van der Waals surface area (Å²) < 4.78 is 6.75. The zero-order valence-corrected chi connectivity index (χ0v) is 15.0. The third kappa shape index (κ3) is 4.29. The summed E-state index contributed by atoms with van der Waals surface area (Å²) in [5.74, 6) is -0.529. The number of hydrogen-bond acceptors (Lipinski definition) is 4. The quantitative estimate of drug-likeness (QED) is 0.521. The van der Waals surface area contributed by atoms with Crippen LogP contribution in [0.1, 0.15) is 22.2 Å². The van der Waals surface area contributed by atoms with Gasteiger partial charge in [-0.05, 0) is 54.3 Å². The highest BCUT2D eigenvalue weighted by molar-refractivity contribution is 7.12. The lowest BCUT2D eigenvalue weighted by Gasteiger charge is -2.07. The monoisotopic (exact) mass is 366 g/mol. The first-order valence-corrected chi connectivity index (χ1v) is 9.02. The van der Waals surface area contributed by atoms with Gasteiger partial charge in [0.1, 0.15) is 4.88 Å². The summed E-state index contributed by atoms with van der Waals surface area (Å²) >= 11 is 1.40. The number of rotatable bonds is 6. The first kappa shape index (κ1) is 17.7. The molecule has 0 saturated carbocycles. The number of aromatic nitrogens is 1. The zero-order chi connectivity index (χ0) is 18.4. The number of esters is 1. The van der Waals surface area contributed by atoms with E-state index in [2.05, 4.69) is 5.32 Å². The van der Waals surface area contributed by atoms with E-state index in [9.17, 15) is 9.59 Å². The number of nitrogens with zero attached hydrogens (tertiary/aromatic N) is 1. The zero-order valence-electron chi connectivity index (χ0n) is 14.2. The van der Waals surface area contributed by atoms with Crippen LogP contribution in [0.25, 0.3) is 11.8 Å². The summed E-state index contributed by atoms with van der Waals surface area (Å²) in [7, 11) is 0. The summed E-state index contributed by atoms with van der Waals surface area (Å²) in [6.45, 7) is 2.11. The minimum Gasteiger partial charge on any atom is -0.463 e. The highest BCUT2D eigenvalue weighted by atomic mass is 32.1. The number of amides is 1. The van der Waals surface area contributed by atoms with Crippen molar-refractivity contribution in [2.75, 3.05) is 11.9 Å². The van der Waals surface area contributed by atoms with Crippen LogP contribution in [0, 0.1) is 0 Å². The Morgan fingerprint density at radius 2 is 1.88 bits per heavy atom. The molecule has 0 aliphatic carbocycles. The van der Waals surface area contributed by atoms with E-state index in [4.69, 9.17) is 4.74 Å². The van der Waals surface area contributed by atoms with Crippen molar-refractivity contribution in [1.82, 2.24) is 4.57 Å². The molecule has 0 saturated heterocycles. The molecule has 26 heavy (non-hydrogen) atoms. The standard InChI is InChI=1S/C20H18N2O3S/c1-2-25-18(23)10-7-15-5-8-16(9-6-15)21-20(24)19-17(11-14-26-19)22-12-3-4-13-22/h3-14H,2H2,1H3,(H,21,24). The Bertz CT molecular complexity index is 909. The van der Waals surface area contributed by atoms with Crippen molar-refractivity contribution in [2.45, 2.75) is 6.92 Å². The molecule has 0 bridgehead atoms. The second kappa shape index (κ2) is 8.31. The minimum atomic E-state index is -0.375. The van der Waals surface area contributed by atoms with Crippen LogP contribution in [0.3, 0.4) is 0 Å². The smallest absolute Gasteiger partial charge is 0.330 e. The second-order valence-electron chi connectivity index (χ2n) is 5.39. The van der Waals surface area contributed by atoms with Crippen molar-refractivity contribution in [1.29, 1.82) is 0 Å². The van der Waals surface area contributed by atoms with E-state index in [1.54, 1.807) is 25.1 Å². The number of nitrogens with one attached hydrogen (secondary N) is 1. The number of carbonyl (C=O) groups excluding carboxylic acids is 2. The maximum atomic E-state index is 12.6. The van der Waals surface area contributed by atoms with Crippen molar-refractivity contribution < 1.29 is 14.3 Å². The summed E-state index contributed by atoms with van der Waals surface area (Å²) in [5, 5.41) is 4.80. The molecular formula is C20H18N2O3S. The first-order valence-electron chi connectivity index (χ1n) is 8.14. The molecule has 132 valence electrons. The summed E-state index contributed by atoms with van der Waals surface area (Å²) in [6, 6.07) is 13.0. The number of hydrogen-bond donors (Lipinski definition) is 1. The van der Waals surface area contributed by atoms with Gasteiger partial charge in [0.2, 0.25) is 0 Å². The number of ether oxygens (including phenoxy) is 1. The molecule has 0 atom stereocenters. The van der Waals surface area contributed by atoms with Gasteiger partial charge in [0.15, 0.2) is 0 Å². The van der Waals surface area contributed by atoms with Crippen LogP contribution in [0.2, 0.25) is 0 Å². The summed E-state index contributed by atoms with van der Waals surface area (Å²) in [4.78, 5) is 24.5. The molecule has 0 aliphatic heterocycles. The predicted molar refractivity (Wildman–Crippen MR) is 104 cm³/mol. The van der Waals surface area contributed by atoms with Crippen molar-refractivity contribution in [3.63, 3.8) is 0 Å². The molecule has 2 heterocycles. The van der Waals surface area contributed by atoms with E-state index in [1.165, 1.54) is 17.4 Å². The second-order valence-corrected chi connectivity index (χ2v) is 6.30. The van der Waals surface area contributed by atoms with E-state index in [0.717, 1.165) is 11.3 Å². The average Bonchev–Trinajstić information content (AvgIpc) is 3.32. The number of carbonyl (C=O) groups is 2. The third-order valence-electron chi connectivity index (χ3n) is 3.60. The topological polar surface area (TPSA) is 60.3 Å². The molecule has 0 aliphatic rings. The molecule has 0 fully saturated rings. The van der Waals surface area contributed by atoms with E-state index >= 15 is 0 Å². The third-order valence-corrected chi connectivity index (χ3v) is 4.50. The van der Waals surface area contributed by atoms with Gasteiger partial charge < -0.3 is 14.6 Å². The van der Waals surface area contributed by atoms with Gasteiger partial charge in [0.25, 0.3) is 5.91 Å². The summed E-state index contributed by atoms with van der Waals surface area (Å²) in [5.41, 5.74) is 2.39.